The van der Waals surface area contributed by atoms with Crippen molar-refractivity contribution < 1.29 is 14.0 Å². The molecule has 1 aliphatic rings. The summed E-state index contributed by atoms with van der Waals surface area (Å²) in [5, 5.41) is 0.862. The highest BCUT2D eigenvalue weighted by Gasteiger charge is 2.33. The Labute approximate surface area is 142 Å². The molecule has 128 valence electrons. The summed E-state index contributed by atoms with van der Waals surface area (Å²) in [6.45, 7) is 4.36. The van der Waals surface area contributed by atoms with Crippen LogP contribution in [0.25, 0.3) is 11.0 Å². The molecule has 0 radical (unpaired) electrons. The quantitative estimate of drug-likeness (QED) is 0.820. The lowest BCUT2D eigenvalue weighted by molar-refractivity contribution is -0.122. The Morgan fingerprint density at radius 3 is 2.79 bits per heavy atom. The van der Waals surface area contributed by atoms with Crippen LogP contribution in [0.5, 0.6) is 0 Å². The molecule has 1 atom stereocenters. The van der Waals surface area contributed by atoms with E-state index < -0.39 is 0 Å². The van der Waals surface area contributed by atoms with Gasteiger partial charge in [0.15, 0.2) is 5.78 Å². The van der Waals surface area contributed by atoms with Gasteiger partial charge in [-0.3, -0.25) is 9.59 Å². The Bertz CT molecular complexity index is 746. The topological polar surface area (TPSA) is 50.5 Å². The van der Waals surface area contributed by atoms with Gasteiger partial charge >= 0.3 is 0 Å². The average Bonchev–Trinajstić information content (AvgIpc) is 2.97. The third-order valence-electron chi connectivity index (χ3n) is 4.87. The molecule has 4 heteroatoms. The maximum atomic E-state index is 13.3. The van der Waals surface area contributed by atoms with Crippen LogP contribution in [-0.2, 0) is 11.2 Å². The second-order valence-electron chi connectivity index (χ2n) is 6.62. The molecule has 0 saturated carbocycles. The summed E-state index contributed by atoms with van der Waals surface area (Å²) in [5.74, 6) is 0.785. The lowest BCUT2D eigenvalue weighted by Gasteiger charge is -2.34. The Hall–Kier alpha value is -2.10. The zero-order valence-corrected chi connectivity index (χ0v) is 14.5. The van der Waals surface area contributed by atoms with Crippen molar-refractivity contribution in [2.75, 3.05) is 6.54 Å². The number of Topliss-reactive ketones (excluding diaryl/α,β-unsaturated/α-hetero) is 1. The number of para-hydroxylation sites is 1. The summed E-state index contributed by atoms with van der Waals surface area (Å²) < 4.78 is 5.98. The predicted molar refractivity (Wildman–Crippen MR) is 94.2 cm³/mol. The largest absolute Gasteiger partial charge is 0.460 e. The molecule has 2 aromatic rings. The van der Waals surface area contributed by atoms with Crippen LogP contribution in [-0.4, -0.2) is 29.2 Å². The number of amides is 1. The van der Waals surface area contributed by atoms with Crippen molar-refractivity contribution in [3.63, 3.8) is 0 Å². The number of rotatable bonds is 5. The van der Waals surface area contributed by atoms with Gasteiger partial charge in [-0.25, -0.2) is 0 Å². The minimum atomic E-state index is -0.293. The summed E-state index contributed by atoms with van der Waals surface area (Å²) in [5.41, 5.74) is 1.41. The van der Waals surface area contributed by atoms with Crippen LogP contribution in [0.4, 0.5) is 0 Å². The van der Waals surface area contributed by atoms with E-state index in [2.05, 4.69) is 6.92 Å². The molecule has 1 aromatic carbocycles. The first-order valence-electron chi connectivity index (χ1n) is 8.95. The fourth-order valence-electron chi connectivity index (χ4n) is 3.58. The molecule has 0 aliphatic carbocycles. The molecule has 1 aromatic heterocycles. The van der Waals surface area contributed by atoms with E-state index in [9.17, 15) is 9.59 Å². The first-order chi connectivity index (χ1) is 11.6. The second-order valence-corrected chi connectivity index (χ2v) is 6.62. The highest BCUT2D eigenvalue weighted by molar-refractivity contribution is 6.08. The van der Waals surface area contributed by atoms with Gasteiger partial charge < -0.3 is 9.32 Å². The van der Waals surface area contributed by atoms with Crippen molar-refractivity contribution in [1.29, 1.82) is 0 Å². The molecule has 0 unspecified atom stereocenters. The summed E-state index contributed by atoms with van der Waals surface area (Å²) in [6, 6.07) is 7.40. The van der Waals surface area contributed by atoms with Gasteiger partial charge in [-0.15, -0.1) is 0 Å². The zero-order valence-electron chi connectivity index (χ0n) is 14.5. The first kappa shape index (κ1) is 16.7. The molecule has 0 spiro atoms. The third-order valence-corrected chi connectivity index (χ3v) is 4.87. The van der Waals surface area contributed by atoms with E-state index in [1.807, 2.05) is 24.3 Å². The maximum absolute atomic E-state index is 13.3. The monoisotopic (exact) mass is 327 g/mol. The zero-order chi connectivity index (χ0) is 17.1. The number of carbonyl (C=O) groups excluding carboxylic acids is 2. The van der Waals surface area contributed by atoms with Crippen LogP contribution in [0, 0.1) is 0 Å². The smallest absolute Gasteiger partial charge is 0.258 e. The fourth-order valence-corrected chi connectivity index (χ4v) is 3.58. The van der Waals surface area contributed by atoms with E-state index in [4.69, 9.17) is 4.42 Å². The SMILES string of the molecule is CCCCc1oc2ccccc2c1C(=O)N1CCCC[C@H]1C(C)=O. The molecule has 0 N–H and O–H groups in total. The number of carbonyl (C=O) groups is 2. The molecule has 1 saturated heterocycles. The molecule has 1 fully saturated rings. The number of hydrogen-bond donors (Lipinski definition) is 0. The Morgan fingerprint density at radius 2 is 2.04 bits per heavy atom. The van der Waals surface area contributed by atoms with Crippen molar-refractivity contribution >= 4 is 22.7 Å². The molecule has 0 bridgehead atoms. The number of hydrogen-bond acceptors (Lipinski definition) is 3. The Balaban J connectivity index is 2.02. The summed E-state index contributed by atoms with van der Waals surface area (Å²) in [7, 11) is 0. The van der Waals surface area contributed by atoms with Crippen molar-refractivity contribution in [2.45, 2.75) is 58.4 Å². The Kier molecular flexibility index (Phi) is 5.03. The van der Waals surface area contributed by atoms with E-state index in [1.165, 1.54) is 0 Å². The number of fused-ring (bicyclic) bond motifs is 1. The lowest BCUT2D eigenvalue weighted by Crippen LogP contribution is -2.47. The highest BCUT2D eigenvalue weighted by atomic mass is 16.3. The minimum Gasteiger partial charge on any atom is -0.460 e. The van der Waals surface area contributed by atoms with Crippen molar-refractivity contribution in [1.82, 2.24) is 4.90 Å². The number of aryl methyl sites for hydroxylation is 1. The molecule has 3 rings (SSSR count). The molecule has 1 aliphatic heterocycles. The summed E-state index contributed by atoms with van der Waals surface area (Å²) in [4.78, 5) is 27.0. The van der Waals surface area contributed by atoms with Crippen LogP contribution in [0.15, 0.2) is 28.7 Å². The van der Waals surface area contributed by atoms with Crippen molar-refractivity contribution in [2.24, 2.45) is 0 Å². The number of likely N-dealkylation sites (tertiary alicyclic amines) is 1. The van der Waals surface area contributed by atoms with E-state index in [0.29, 0.717) is 12.1 Å². The molecular formula is C20H25NO3. The van der Waals surface area contributed by atoms with Crippen LogP contribution in [0.2, 0.25) is 0 Å². The summed E-state index contributed by atoms with van der Waals surface area (Å²) in [6.07, 6.45) is 5.51. The number of nitrogens with zero attached hydrogens (tertiary/aromatic N) is 1. The number of piperidine rings is 1. The van der Waals surface area contributed by atoms with Crippen LogP contribution in [0.3, 0.4) is 0 Å². The predicted octanol–water partition coefficient (Wildman–Crippen LogP) is 4.36. The standard InChI is InChI=1S/C20H25NO3/c1-3-4-11-18-19(15-9-5-6-12-17(15)24-18)20(23)21-13-8-7-10-16(21)14(2)22/h5-6,9,12,16H,3-4,7-8,10-11,13H2,1-2H3/t16-/m0/s1. The van der Waals surface area contributed by atoms with E-state index in [-0.39, 0.29) is 17.7 Å². The van der Waals surface area contributed by atoms with Crippen LogP contribution in [0.1, 0.15) is 62.1 Å². The lowest BCUT2D eigenvalue weighted by atomic mass is 9.97. The molecule has 4 nitrogen and oxygen atoms in total. The molecule has 24 heavy (non-hydrogen) atoms. The normalized spacial score (nSPS) is 18.1. The van der Waals surface area contributed by atoms with Gasteiger partial charge in [-0.05, 0) is 38.7 Å². The third kappa shape index (κ3) is 3.10. The minimum absolute atomic E-state index is 0.0500. The van der Waals surface area contributed by atoms with Gasteiger partial charge in [-0.2, -0.15) is 0 Å². The van der Waals surface area contributed by atoms with Crippen LogP contribution < -0.4 is 0 Å². The summed E-state index contributed by atoms with van der Waals surface area (Å²) >= 11 is 0. The van der Waals surface area contributed by atoms with Crippen LogP contribution >= 0.6 is 0 Å². The van der Waals surface area contributed by atoms with E-state index in [0.717, 1.165) is 55.3 Å². The van der Waals surface area contributed by atoms with Gasteiger partial charge in [0, 0.05) is 18.4 Å². The van der Waals surface area contributed by atoms with Gasteiger partial charge in [0.25, 0.3) is 5.91 Å². The Morgan fingerprint density at radius 1 is 1.25 bits per heavy atom. The first-order valence-corrected chi connectivity index (χ1v) is 8.95. The number of unbranched alkanes of at least 4 members (excludes halogenated alkanes) is 1. The molecule has 1 amide bonds. The van der Waals surface area contributed by atoms with Gasteiger partial charge in [0.1, 0.15) is 11.3 Å². The van der Waals surface area contributed by atoms with Gasteiger partial charge in [0.2, 0.25) is 0 Å². The fraction of sp³-hybridized carbons (Fsp3) is 0.500. The number of benzene rings is 1. The van der Waals surface area contributed by atoms with Gasteiger partial charge in [0.05, 0.1) is 11.6 Å². The number of ketones is 1. The van der Waals surface area contributed by atoms with Gasteiger partial charge in [-0.1, -0.05) is 31.5 Å². The van der Waals surface area contributed by atoms with E-state index >= 15 is 0 Å². The maximum Gasteiger partial charge on any atom is 0.258 e. The number of furan rings is 1. The molecule has 2 heterocycles. The van der Waals surface area contributed by atoms with Crippen molar-refractivity contribution in [3.05, 3.63) is 35.6 Å². The average molecular weight is 327 g/mol. The second kappa shape index (κ2) is 7.20. The molecular weight excluding hydrogens is 302 g/mol. The highest BCUT2D eigenvalue weighted by Crippen LogP contribution is 2.30. The van der Waals surface area contributed by atoms with Crippen molar-refractivity contribution in [3.8, 4) is 0 Å². The van der Waals surface area contributed by atoms with E-state index in [1.54, 1.807) is 11.8 Å².